The van der Waals surface area contributed by atoms with E-state index in [1.807, 2.05) is 6.92 Å². The van der Waals surface area contributed by atoms with E-state index in [4.69, 9.17) is 5.11 Å². The fourth-order valence-corrected chi connectivity index (χ4v) is 1.58. The van der Waals surface area contributed by atoms with Crippen molar-refractivity contribution >= 4 is 11.8 Å². The van der Waals surface area contributed by atoms with Crippen molar-refractivity contribution in [1.29, 1.82) is 0 Å². The molecule has 1 unspecified atom stereocenters. The van der Waals surface area contributed by atoms with Crippen molar-refractivity contribution in [2.45, 2.75) is 26.2 Å². The van der Waals surface area contributed by atoms with E-state index >= 15 is 0 Å². The monoisotopic (exact) mass is 168 g/mol. The number of hydrogen-bond acceptors (Lipinski definition) is 2. The van der Waals surface area contributed by atoms with E-state index in [1.165, 1.54) is 6.08 Å². The number of allylic oxidation sites excluding steroid dienone is 2. The Kier molecular flexibility index (Phi) is 2.31. The molecule has 0 aliphatic heterocycles. The second-order valence-electron chi connectivity index (χ2n) is 3.11. The topological polar surface area (TPSA) is 54.4 Å². The molecule has 0 bridgehead atoms. The third-order valence-corrected chi connectivity index (χ3v) is 2.29. The molecule has 1 rings (SSSR count). The summed E-state index contributed by atoms with van der Waals surface area (Å²) >= 11 is 0. The maximum absolute atomic E-state index is 11.3. The minimum absolute atomic E-state index is 0.253. The SMILES string of the molecule is CCCC1(C(=O)O)CC=CC1=O. The molecule has 1 atom stereocenters. The normalized spacial score (nSPS) is 27.9. The Labute approximate surface area is 71.1 Å². The van der Waals surface area contributed by atoms with Gasteiger partial charge in [0.05, 0.1) is 0 Å². The van der Waals surface area contributed by atoms with Gasteiger partial charge in [0.25, 0.3) is 0 Å². The van der Waals surface area contributed by atoms with Crippen molar-refractivity contribution < 1.29 is 14.7 Å². The van der Waals surface area contributed by atoms with Crippen LogP contribution in [0.1, 0.15) is 26.2 Å². The van der Waals surface area contributed by atoms with Crippen LogP contribution in [0.5, 0.6) is 0 Å². The molecule has 3 heteroatoms. The van der Waals surface area contributed by atoms with Crippen LogP contribution < -0.4 is 0 Å². The van der Waals surface area contributed by atoms with Gasteiger partial charge >= 0.3 is 5.97 Å². The third kappa shape index (κ3) is 1.15. The van der Waals surface area contributed by atoms with Gasteiger partial charge in [-0.05, 0) is 18.9 Å². The first-order valence-electron chi connectivity index (χ1n) is 4.08. The minimum atomic E-state index is -1.13. The van der Waals surface area contributed by atoms with Crippen LogP contribution in [0.2, 0.25) is 0 Å². The zero-order chi connectivity index (χ0) is 9.19. The van der Waals surface area contributed by atoms with Gasteiger partial charge < -0.3 is 5.11 Å². The highest BCUT2D eigenvalue weighted by atomic mass is 16.4. The van der Waals surface area contributed by atoms with Crippen LogP contribution in [0, 0.1) is 5.41 Å². The van der Waals surface area contributed by atoms with Crippen molar-refractivity contribution in [3.8, 4) is 0 Å². The predicted octanol–water partition coefficient (Wildman–Crippen LogP) is 1.39. The Hall–Kier alpha value is -1.12. The molecule has 3 nitrogen and oxygen atoms in total. The average molecular weight is 168 g/mol. The van der Waals surface area contributed by atoms with Crippen molar-refractivity contribution in [3.05, 3.63) is 12.2 Å². The van der Waals surface area contributed by atoms with Crippen molar-refractivity contribution in [1.82, 2.24) is 0 Å². The van der Waals surface area contributed by atoms with Crippen LogP contribution in [-0.4, -0.2) is 16.9 Å². The number of carboxylic acids is 1. The molecule has 1 aliphatic rings. The van der Waals surface area contributed by atoms with E-state index in [-0.39, 0.29) is 5.78 Å². The lowest BCUT2D eigenvalue weighted by Crippen LogP contribution is -2.35. The van der Waals surface area contributed by atoms with Crippen LogP contribution in [0.3, 0.4) is 0 Å². The molecule has 1 N–H and O–H groups in total. The Morgan fingerprint density at radius 3 is 2.75 bits per heavy atom. The van der Waals surface area contributed by atoms with Gasteiger partial charge in [-0.2, -0.15) is 0 Å². The van der Waals surface area contributed by atoms with Gasteiger partial charge in [0.15, 0.2) is 5.78 Å². The summed E-state index contributed by atoms with van der Waals surface area (Å²) in [7, 11) is 0. The lowest BCUT2D eigenvalue weighted by molar-refractivity contribution is -0.153. The molecule has 0 saturated carbocycles. The van der Waals surface area contributed by atoms with Gasteiger partial charge in [0, 0.05) is 0 Å². The molecular formula is C9H12O3. The van der Waals surface area contributed by atoms with E-state index in [0.717, 1.165) is 6.42 Å². The summed E-state index contributed by atoms with van der Waals surface area (Å²) in [5.74, 6) is -1.24. The summed E-state index contributed by atoms with van der Waals surface area (Å²) in [5, 5.41) is 8.90. The molecule has 0 aromatic carbocycles. The molecule has 0 aromatic heterocycles. The predicted molar refractivity (Wildman–Crippen MR) is 43.7 cm³/mol. The average Bonchev–Trinajstić information content (AvgIpc) is 2.34. The van der Waals surface area contributed by atoms with Crippen LogP contribution in [0.25, 0.3) is 0 Å². The molecule has 66 valence electrons. The summed E-state index contributed by atoms with van der Waals surface area (Å²) in [5.41, 5.74) is -1.13. The van der Waals surface area contributed by atoms with E-state index in [1.54, 1.807) is 6.08 Å². The molecule has 0 saturated heterocycles. The van der Waals surface area contributed by atoms with Gasteiger partial charge in [0.1, 0.15) is 5.41 Å². The molecule has 0 amide bonds. The molecule has 0 heterocycles. The highest BCUT2D eigenvalue weighted by molar-refractivity contribution is 6.10. The van der Waals surface area contributed by atoms with Crippen LogP contribution in [0.15, 0.2) is 12.2 Å². The standard InChI is InChI=1S/C9H12O3/c1-2-5-9(8(11)12)6-3-4-7(9)10/h3-4H,2,5-6H2,1H3,(H,11,12). The van der Waals surface area contributed by atoms with Crippen molar-refractivity contribution in [2.24, 2.45) is 5.41 Å². The van der Waals surface area contributed by atoms with Crippen LogP contribution >= 0.6 is 0 Å². The number of carboxylic acid groups (broad SMARTS) is 1. The Bertz CT molecular complexity index is 242. The highest BCUT2D eigenvalue weighted by Crippen LogP contribution is 2.35. The number of carbonyl (C=O) groups excluding carboxylic acids is 1. The quantitative estimate of drug-likeness (QED) is 0.648. The Balaban J connectivity index is 2.88. The lowest BCUT2D eigenvalue weighted by Gasteiger charge is -2.20. The van der Waals surface area contributed by atoms with Gasteiger partial charge in [0.2, 0.25) is 0 Å². The smallest absolute Gasteiger partial charge is 0.317 e. The lowest BCUT2D eigenvalue weighted by atomic mass is 9.80. The van der Waals surface area contributed by atoms with Crippen LogP contribution in [0.4, 0.5) is 0 Å². The number of hydrogen-bond donors (Lipinski definition) is 1. The number of ketones is 1. The molecule has 0 radical (unpaired) electrons. The second kappa shape index (κ2) is 3.09. The maximum Gasteiger partial charge on any atom is 0.317 e. The summed E-state index contributed by atoms with van der Waals surface area (Å²) in [6.45, 7) is 1.89. The van der Waals surface area contributed by atoms with Crippen molar-refractivity contribution in [2.75, 3.05) is 0 Å². The van der Waals surface area contributed by atoms with Gasteiger partial charge in [-0.3, -0.25) is 9.59 Å². The summed E-state index contributed by atoms with van der Waals surface area (Å²) in [6, 6.07) is 0. The number of rotatable bonds is 3. The Morgan fingerprint density at radius 1 is 1.75 bits per heavy atom. The van der Waals surface area contributed by atoms with Crippen molar-refractivity contribution in [3.63, 3.8) is 0 Å². The fraction of sp³-hybridized carbons (Fsp3) is 0.556. The molecule has 1 aliphatic carbocycles. The third-order valence-electron chi connectivity index (χ3n) is 2.29. The molecular weight excluding hydrogens is 156 g/mol. The van der Waals surface area contributed by atoms with Gasteiger partial charge in [-0.25, -0.2) is 0 Å². The highest BCUT2D eigenvalue weighted by Gasteiger charge is 2.45. The molecule has 12 heavy (non-hydrogen) atoms. The first kappa shape index (κ1) is 8.97. The van der Waals surface area contributed by atoms with E-state index in [2.05, 4.69) is 0 Å². The maximum atomic E-state index is 11.3. The summed E-state index contributed by atoms with van der Waals surface area (Å²) < 4.78 is 0. The molecule has 0 aromatic rings. The number of aliphatic carboxylic acids is 1. The zero-order valence-corrected chi connectivity index (χ0v) is 7.04. The van der Waals surface area contributed by atoms with E-state index in [0.29, 0.717) is 12.8 Å². The largest absolute Gasteiger partial charge is 0.480 e. The fourth-order valence-electron chi connectivity index (χ4n) is 1.58. The van der Waals surface area contributed by atoms with E-state index < -0.39 is 11.4 Å². The first-order chi connectivity index (χ1) is 5.63. The zero-order valence-electron chi connectivity index (χ0n) is 7.04. The molecule has 0 spiro atoms. The van der Waals surface area contributed by atoms with Crippen LogP contribution in [-0.2, 0) is 9.59 Å². The second-order valence-corrected chi connectivity index (χ2v) is 3.11. The minimum Gasteiger partial charge on any atom is -0.480 e. The molecule has 0 fully saturated rings. The summed E-state index contributed by atoms with van der Waals surface area (Å²) in [6.07, 6.45) is 4.54. The van der Waals surface area contributed by atoms with E-state index in [9.17, 15) is 9.59 Å². The van der Waals surface area contributed by atoms with Gasteiger partial charge in [-0.1, -0.05) is 19.4 Å². The summed E-state index contributed by atoms with van der Waals surface area (Å²) in [4.78, 5) is 22.1. The first-order valence-corrected chi connectivity index (χ1v) is 4.08. The Morgan fingerprint density at radius 2 is 2.42 bits per heavy atom. The number of carbonyl (C=O) groups is 2. The van der Waals surface area contributed by atoms with Gasteiger partial charge in [-0.15, -0.1) is 0 Å².